The Morgan fingerprint density at radius 3 is 2.62 bits per heavy atom. The Balaban J connectivity index is 1.21. The van der Waals surface area contributed by atoms with E-state index in [-0.39, 0.29) is 5.82 Å². The number of fused-ring (bicyclic) bond motifs is 1. The first-order valence-electron chi connectivity index (χ1n) is 12.8. The maximum absolute atomic E-state index is 13.2. The molecule has 6 rings (SSSR count). The van der Waals surface area contributed by atoms with Gasteiger partial charge in [0.2, 0.25) is 0 Å². The fraction of sp³-hybridized carbons (Fsp3) is 0.200. The lowest BCUT2D eigenvalue weighted by molar-refractivity contribution is 0.121. The number of ether oxygens (including phenoxy) is 2. The molecule has 9 heteroatoms. The van der Waals surface area contributed by atoms with Crippen LogP contribution in [-0.4, -0.2) is 20.6 Å². The van der Waals surface area contributed by atoms with Crippen LogP contribution in [0.25, 0.3) is 22.2 Å². The summed E-state index contributed by atoms with van der Waals surface area (Å²) in [5.74, 6) is 1.17. The number of H-pyrrole nitrogens is 1. The minimum Gasteiger partial charge on any atom is -0.486 e. The van der Waals surface area contributed by atoms with Crippen molar-refractivity contribution in [3.8, 4) is 17.0 Å². The van der Waals surface area contributed by atoms with Crippen LogP contribution >= 0.6 is 0 Å². The molecule has 0 bridgehead atoms. The molecule has 0 spiro atoms. The molecule has 39 heavy (non-hydrogen) atoms. The molecular weight excluding hydrogens is 497 g/mol. The molecule has 0 saturated heterocycles. The van der Waals surface area contributed by atoms with E-state index in [4.69, 9.17) is 15.2 Å². The van der Waals surface area contributed by atoms with Gasteiger partial charge in [0.05, 0.1) is 16.9 Å². The third-order valence-electron chi connectivity index (χ3n) is 6.89. The quantitative estimate of drug-likeness (QED) is 0.203. The number of aromatic nitrogens is 3. The number of nitrogens with zero attached hydrogens (tertiary/aromatic N) is 2. The third-order valence-corrected chi connectivity index (χ3v) is 6.89. The van der Waals surface area contributed by atoms with E-state index in [0.29, 0.717) is 29.6 Å². The molecule has 1 atom stereocenters. The number of benzene rings is 3. The maximum Gasteiger partial charge on any atom is 0.412 e. The highest BCUT2D eigenvalue weighted by molar-refractivity contribution is 6.02. The van der Waals surface area contributed by atoms with Gasteiger partial charge in [0.15, 0.2) is 0 Å². The molecule has 8 nitrogen and oxygen atoms in total. The molecule has 198 valence electrons. The predicted molar refractivity (Wildman–Crippen MR) is 148 cm³/mol. The van der Waals surface area contributed by atoms with E-state index in [1.54, 1.807) is 31.5 Å². The Bertz CT molecular complexity index is 1610. The fourth-order valence-electron chi connectivity index (χ4n) is 4.76. The number of halogens is 1. The molecule has 5 aromatic rings. The van der Waals surface area contributed by atoms with Crippen molar-refractivity contribution in [2.45, 2.75) is 38.5 Å². The lowest BCUT2D eigenvalue weighted by atomic mass is 10.1. The molecule has 0 aliphatic heterocycles. The number of hydrogen-bond donors (Lipinski definition) is 3. The Morgan fingerprint density at radius 2 is 1.92 bits per heavy atom. The molecule has 1 unspecified atom stereocenters. The summed E-state index contributed by atoms with van der Waals surface area (Å²) in [5.41, 5.74) is 11.6. The number of nitrogens with two attached hydrogens (primary N) is 1. The van der Waals surface area contributed by atoms with Crippen LogP contribution in [0.4, 0.5) is 20.6 Å². The third kappa shape index (κ3) is 5.16. The molecule has 2 aromatic heterocycles. The molecule has 0 radical (unpaired) electrons. The Morgan fingerprint density at radius 1 is 1.15 bits per heavy atom. The number of nitrogens with one attached hydrogen (secondary N) is 2. The number of imidazole rings is 1. The van der Waals surface area contributed by atoms with Crippen molar-refractivity contribution in [1.82, 2.24) is 14.5 Å². The average molecular weight is 526 g/mol. The van der Waals surface area contributed by atoms with Gasteiger partial charge in [0.25, 0.3) is 0 Å². The SMILES string of the molecule is CC(OC(=O)Nc1ccc(-c2c(N)c3ccc(OCc4ncc[nH]4)cc3n2C2CC2)cc1)c1ccc(F)cc1. The summed E-state index contributed by atoms with van der Waals surface area (Å²) in [7, 11) is 0. The van der Waals surface area contributed by atoms with Gasteiger partial charge in [-0.1, -0.05) is 24.3 Å². The van der Waals surface area contributed by atoms with Crippen molar-refractivity contribution < 1.29 is 18.7 Å². The van der Waals surface area contributed by atoms with Crippen LogP contribution in [0.5, 0.6) is 5.75 Å². The van der Waals surface area contributed by atoms with Crippen molar-refractivity contribution in [1.29, 1.82) is 0 Å². The molecule has 3 aromatic carbocycles. The van der Waals surface area contributed by atoms with Crippen molar-refractivity contribution >= 4 is 28.4 Å². The highest BCUT2D eigenvalue weighted by Crippen LogP contribution is 2.46. The van der Waals surface area contributed by atoms with Gasteiger partial charge in [-0.25, -0.2) is 14.2 Å². The van der Waals surface area contributed by atoms with Gasteiger partial charge in [0, 0.05) is 41.1 Å². The summed E-state index contributed by atoms with van der Waals surface area (Å²) >= 11 is 0. The molecular formula is C30H28FN5O3. The van der Waals surface area contributed by atoms with Gasteiger partial charge in [-0.05, 0) is 61.7 Å². The number of hydrogen-bond acceptors (Lipinski definition) is 5. The van der Waals surface area contributed by atoms with Gasteiger partial charge >= 0.3 is 6.09 Å². The summed E-state index contributed by atoms with van der Waals surface area (Å²) < 4.78 is 26.9. The van der Waals surface area contributed by atoms with Crippen LogP contribution in [0.3, 0.4) is 0 Å². The number of amides is 1. The van der Waals surface area contributed by atoms with Crippen LogP contribution in [0.2, 0.25) is 0 Å². The summed E-state index contributed by atoms with van der Waals surface area (Å²) in [6, 6.07) is 19.7. The minimum absolute atomic E-state index is 0.337. The number of aromatic amines is 1. The number of carbonyl (C=O) groups excluding carboxylic acids is 1. The van der Waals surface area contributed by atoms with Crippen molar-refractivity contribution in [3.63, 3.8) is 0 Å². The second-order valence-corrected chi connectivity index (χ2v) is 9.67. The smallest absolute Gasteiger partial charge is 0.412 e. The molecule has 1 amide bonds. The molecule has 4 N–H and O–H groups in total. The van der Waals surface area contributed by atoms with E-state index in [2.05, 4.69) is 19.9 Å². The monoisotopic (exact) mass is 525 g/mol. The van der Waals surface area contributed by atoms with Gasteiger partial charge in [-0.3, -0.25) is 5.32 Å². The zero-order chi connectivity index (χ0) is 26.9. The first-order valence-corrected chi connectivity index (χ1v) is 12.8. The first kappa shape index (κ1) is 24.5. The van der Waals surface area contributed by atoms with Gasteiger partial charge < -0.3 is 24.8 Å². The Kier molecular flexibility index (Phi) is 6.40. The van der Waals surface area contributed by atoms with Crippen LogP contribution < -0.4 is 15.8 Å². The lowest BCUT2D eigenvalue weighted by Crippen LogP contribution is -2.16. The second-order valence-electron chi connectivity index (χ2n) is 9.67. The standard InChI is InChI=1S/C30H28FN5O3/c1-18(19-2-6-21(31)7-3-19)39-30(37)35-22-8-4-20(5-9-22)29-28(32)25-13-12-24(38-17-27-33-14-15-34-27)16-26(25)36(29)23-10-11-23/h2-9,12-16,18,23H,10-11,17,32H2,1H3,(H,33,34)(H,35,37). The fourth-order valence-corrected chi connectivity index (χ4v) is 4.76. The van der Waals surface area contributed by atoms with Crippen LogP contribution in [0.15, 0.2) is 79.1 Å². The maximum atomic E-state index is 13.2. The first-order chi connectivity index (χ1) is 19.0. The van der Waals surface area contributed by atoms with E-state index in [1.165, 1.54) is 12.1 Å². The Labute approximate surface area is 224 Å². The van der Waals surface area contributed by atoms with Gasteiger partial charge in [-0.2, -0.15) is 0 Å². The summed E-state index contributed by atoms with van der Waals surface area (Å²) in [6.07, 6.45) is 4.54. The zero-order valence-corrected chi connectivity index (χ0v) is 21.4. The van der Waals surface area contributed by atoms with E-state index in [0.717, 1.165) is 46.6 Å². The molecule has 1 fully saturated rings. The summed E-state index contributed by atoms with van der Waals surface area (Å²) in [4.78, 5) is 19.7. The largest absolute Gasteiger partial charge is 0.486 e. The topological polar surface area (TPSA) is 107 Å². The number of nitrogen functional groups attached to an aromatic ring is 1. The molecule has 1 aliphatic rings. The summed E-state index contributed by atoms with van der Waals surface area (Å²) in [6.45, 7) is 2.09. The number of carbonyl (C=O) groups is 1. The number of anilines is 2. The normalized spacial score (nSPS) is 13.8. The molecule has 1 saturated carbocycles. The van der Waals surface area contributed by atoms with Gasteiger partial charge in [-0.15, -0.1) is 0 Å². The van der Waals surface area contributed by atoms with E-state index >= 15 is 0 Å². The van der Waals surface area contributed by atoms with E-state index < -0.39 is 12.2 Å². The molecule has 2 heterocycles. The van der Waals surface area contributed by atoms with Crippen molar-refractivity contribution in [2.24, 2.45) is 0 Å². The minimum atomic E-state index is -0.590. The van der Waals surface area contributed by atoms with Gasteiger partial charge in [0.1, 0.15) is 30.1 Å². The second kappa shape index (κ2) is 10.2. The van der Waals surface area contributed by atoms with Crippen LogP contribution in [0, 0.1) is 5.82 Å². The van der Waals surface area contributed by atoms with Crippen molar-refractivity contribution in [3.05, 3.63) is 96.3 Å². The highest BCUT2D eigenvalue weighted by atomic mass is 19.1. The van der Waals surface area contributed by atoms with E-state index in [9.17, 15) is 9.18 Å². The molecule has 1 aliphatic carbocycles. The van der Waals surface area contributed by atoms with Crippen LogP contribution in [0.1, 0.15) is 43.3 Å². The lowest BCUT2D eigenvalue weighted by Gasteiger charge is -2.15. The van der Waals surface area contributed by atoms with Crippen LogP contribution in [-0.2, 0) is 11.3 Å². The Hall–Kier alpha value is -4.79. The predicted octanol–water partition coefficient (Wildman–Crippen LogP) is 6.98. The zero-order valence-electron chi connectivity index (χ0n) is 21.4. The summed E-state index contributed by atoms with van der Waals surface area (Å²) in [5, 5.41) is 3.73. The van der Waals surface area contributed by atoms with E-state index in [1.807, 2.05) is 42.5 Å². The average Bonchev–Trinajstić information content (AvgIpc) is 3.55. The highest BCUT2D eigenvalue weighted by Gasteiger charge is 2.30. The number of rotatable bonds is 8. The van der Waals surface area contributed by atoms with Crippen molar-refractivity contribution in [2.75, 3.05) is 11.1 Å².